The highest BCUT2D eigenvalue weighted by atomic mass is 16.6. The molecule has 0 spiro atoms. The minimum Gasteiger partial charge on any atom is -0.392 e. The molecule has 20 heavy (non-hydrogen) atoms. The molecular formula is C13H17N3O4. The third kappa shape index (κ3) is 2.88. The Morgan fingerprint density at radius 1 is 1.40 bits per heavy atom. The van der Waals surface area contributed by atoms with Crippen LogP contribution in [0.25, 0.3) is 0 Å². The van der Waals surface area contributed by atoms with E-state index in [1.807, 2.05) is 0 Å². The maximum absolute atomic E-state index is 11.9. The summed E-state index contributed by atoms with van der Waals surface area (Å²) in [6, 6.07) is 4.60. The van der Waals surface area contributed by atoms with Crippen LogP contribution < -0.4 is 4.90 Å². The van der Waals surface area contributed by atoms with E-state index < -0.39 is 4.92 Å². The average Bonchev–Trinajstić information content (AvgIpc) is 2.60. The van der Waals surface area contributed by atoms with Crippen molar-refractivity contribution in [1.29, 1.82) is 0 Å². The summed E-state index contributed by atoms with van der Waals surface area (Å²) in [4.78, 5) is 25.9. The Morgan fingerprint density at radius 2 is 2.15 bits per heavy atom. The lowest BCUT2D eigenvalue weighted by Gasteiger charge is -2.21. The number of hydrogen-bond acceptors (Lipinski definition) is 5. The van der Waals surface area contributed by atoms with Crippen LogP contribution in [0, 0.1) is 10.1 Å². The minimum absolute atomic E-state index is 0.0527. The highest BCUT2D eigenvalue weighted by molar-refractivity contribution is 5.83. The summed E-state index contributed by atoms with van der Waals surface area (Å²) >= 11 is 0. The lowest BCUT2D eigenvalue weighted by molar-refractivity contribution is -0.384. The predicted molar refractivity (Wildman–Crippen MR) is 73.5 cm³/mol. The summed E-state index contributed by atoms with van der Waals surface area (Å²) in [5.41, 5.74) is 0.837. The third-order valence-corrected chi connectivity index (χ3v) is 3.43. The molecule has 0 radical (unpaired) electrons. The van der Waals surface area contributed by atoms with E-state index in [9.17, 15) is 14.9 Å². The van der Waals surface area contributed by atoms with Crippen LogP contribution in [-0.4, -0.2) is 47.5 Å². The largest absolute Gasteiger partial charge is 0.392 e. The number of aliphatic hydroxyl groups is 1. The summed E-state index contributed by atoms with van der Waals surface area (Å²) in [5, 5.41) is 20.2. The van der Waals surface area contributed by atoms with Gasteiger partial charge in [0.25, 0.3) is 5.69 Å². The Kier molecular flexibility index (Phi) is 4.19. The summed E-state index contributed by atoms with van der Waals surface area (Å²) in [6.45, 7) is 1.13. The number of nitro benzene ring substituents is 1. The van der Waals surface area contributed by atoms with E-state index in [-0.39, 0.29) is 24.7 Å². The van der Waals surface area contributed by atoms with E-state index in [0.717, 1.165) is 6.42 Å². The molecular weight excluding hydrogens is 262 g/mol. The van der Waals surface area contributed by atoms with Crippen LogP contribution in [0.3, 0.4) is 0 Å². The van der Waals surface area contributed by atoms with Crippen molar-refractivity contribution < 1.29 is 14.8 Å². The SMILES string of the molecule is CN1CCCN(c2ccc(CO)cc2[N+](=O)[O-])CC1=O. The first-order valence-electron chi connectivity index (χ1n) is 6.40. The smallest absolute Gasteiger partial charge is 0.292 e. The van der Waals surface area contributed by atoms with Crippen molar-refractivity contribution in [2.24, 2.45) is 0 Å². The van der Waals surface area contributed by atoms with Crippen LogP contribution in [0.2, 0.25) is 0 Å². The fraction of sp³-hybridized carbons (Fsp3) is 0.462. The monoisotopic (exact) mass is 279 g/mol. The zero-order chi connectivity index (χ0) is 14.7. The van der Waals surface area contributed by atoms with Crippen LogP contribution in [0.4, 0.5) is 11.4 Å². The number of likely N-dealkylation sites (N-methyl/N-ethyl adjacent to an activating group) is 1. The van der Waals surface area contributed by atoms with E-state index in [1.165, 1.54) is 6.07 Å². The molecule has 2 rings (SSSR count). The molecule has 0 saturated carbocycles. The zero-order valence-electron chi connectivity index (χ0n) is 11.3. The summed E-state index contributed by atoms with van der Waals surface area (Å²) in [6.07, 6.45) is 0.765. The first-order chi connectivity index (χ1) is 9.52. The highest BCUT2D eigenvalue weighted by Gasteiger charge is 2.25. The lowest BCUT2D eigenvalue weighted by Crippen LogP contribution is -2.34. The number of nitro groups is 1. The van der Waals surface area contributed by atoms with Crippen LogP contribution in [0.15, 0.2) is 18.2 Å². The number of aliphatic hydroxyl groups excluding tert-OH is 1. The van der Waals surface area contributed by atoms with Gasteiger partial charge in [0.15, 0.2) is 0 Å². The Labute approximate surface area is 116 Å². The van der Waals surface area contributed by atoms with E-state index in [4.69, 9.17) is 5.11 Å². The van der Waals surface area contributed by atoms with E-state index >= 15 is 0 Å². The molecule has 0 aliphatic carbocycles. The maximum Gasteiger partial charge on any atom is 0.292 e. The van der Waals surface area contributed by atoms with Crippen molar-refractivity contribution in [3.05, 3.63) is 33.9 Å². The molecule has 1 aromatic rings. The quantitative estimate of drug-likeness (QED) is 0.652. The topological polar surface area (TPSA) is 86.9 Å². The molecule has 7 nitrogen and oxygen atoms in total. The Balaban J connectivity index is 2.36. The summed E-state index contributed by atoms with van der Waals surface area (Å²) in [5.74, 6) is -0.0527. The minimum atomic E-state index is -0.479. The fourth-order valence-electron chi connectivity index (χ4n) is 2.27. The van der Waals surface area contributed by atoms with Gasteiger partial charge in [-0.2, -0.15) is 0 Å². The first kappa shape index (κ1) is 14.3. The van der Waals surface area contributed by atoms with Crippen molar-refractivity contribution in [2.75, 3.05) is 31.6 Å². The van der Waals surface area contributed by atoms with Crippen molar-refractivity contribution >= 4 is 17.3 Å². The van der Waals surface area contributed by atoms with E-state index in [0.29, 0.717) is 24.3 Å². The number of amides is 1. The Morgan fingerprint density at radius 3 is 2.80 bits per heavy atom. The molecule has 0 atom stereocenters. The van der Waals surface area contributed by atoms with Gasteiger partial charge in [0, 0.05) is 26.2 Å². The van der Waals surface area contributed by atoms with Gasteiger partial charge < -0.3 is 14.9 Å². The van der Waals surface area contributed by atoms with Gasteiger partial charge in [-0.3, -0.25) is 14.9 Å². The van der Waals surface area contributed by atoms with Gasteiger partial charge in [0.2, 0.25) is 5.91 Å². The van der Waals surface area contributed by atoms with Gasteiger partial charge in [-0.15, -0.1) is 0 Å². The maximum atomic E-state index is 11.9. The number of carbonyl (C=O) groups is 1. The normalized spacial score (nSPS) is 16.2. The second kappa shape index (κ2) is 5.87. The molecule has 0 bridgehead atoms. The number of anilines is 1. The molecule has 7 heteroatoms. The van der Waals surface area contributed by atoms with Crippen LogP contribution in [0.5, 0.6) is 0 Å². The first-order valence-corrected chi connectivity index (χ1v) is 6.40. The second-order valence-corrected chi connectivity index (χ2v) is 4.83. The molecule has 1 N–H and O–H groups in total. The molecule has 1 amide bonds. The molecule has 1 heterocycles. The van der Waals surface area contributed by atoms with Crippen LogP contribution >= 0.6 is 0 Å². The van der Waals surface area contributed by atoms with Gasteiger partial charge in [-0.05, 0) is 18.1 Å². The zero-order valence-corrected chi connectivity index (χ0v) is 11.3. The van der Waals surface area contributed by atoms with Gasteiger partial charge in [-0.1, -0.05) is 6.07 Å². The van der Waals surface area contributed by atoms with Crippen molar-refractivity contribution in [3.8, 4) is 0 Å². The summed E-state index contributed by atoms with van der Waals surface area (Å²) in [7, 11) is 1.73. The molecule has 1 aromatic carbocycles. The fourth-order valence-corrected chi connectivity index (χ4v) is 2.27. The summed E-state index contributed by atoms with van der Waals surface area (Å²) < 4.78 is 0. The Hall–Kier alpha value is -2.15. The number of hydrogen-bond donors (Lipinski definition) is 1. The van der Waals surface area contributed by atoms with Gasteiger partial charge in [-0.25, -0.2) is 0 Å². The second-order valence-electron chi connectivity index (χ2n) is 4.83. The van der Waals surface area contributed by atoms with Gasteiger partial charge in [0.1, 0.15) is 5.69 Å². The molecule has 1 fully saturated rings. The third-order valence-electron chi connectivity index (χ3n) is 3.43. The standard InChI is InChI=1S/C13H17N3O4/c1-14-5-2-6-15(8-13(14)18)11-4-3-10(9-17)7-12(11)16(19)20/h3-4,7,17H,2,5-6,8-9H2,1H3. The molecule has 0 unspecified atom stereocenters. The number of carbonyl (C=O) groups excluding carboxylic acids is 1. The van der Waals surface area contributed by atoms with Crippen molar-refractivity contribution in [2.45, 2.75) is 13.0 Å². The predicted octanol–water partition coefficient (Wildman–Crippen LogP) is 0.756. The lowest BCUT2D eigenvalue weighted by atomic mass is 10.1. The van der Waals surface area contributed by atoms with E-state index in [1.54, 1.807) is 29.0 Å². The number of nitrogens with zero attached hydrogens (tertiary/aromatic N) is 3. The van der Waals surface area contributed by atoms with Crippen molar-refractivity contribution in [3.63, 3.8) is 0 Å². The van der Waals surface area contributed by atoms with E-state index in [2.05, 4.69) is 0 Å². The highest BCUT2D eigenvalue weighted by Crippen LogP contribution is 2.30. The molecule has 1 aliphatic heterocycles. The van der Waals surface area contributed by atoms with Crippen LogP contribution in [0.1, 0.15) is 12.0 Å². The molecule has 108 valence electrons. The molecule has 1 saturated heterocycles. The molecule has 1 aliphatic rings. The van der Waals surface area contributed by atoms with Gasteiger partial charge in [0.05, 0.1) is 18.1 Å². The van der Waals surface area contributed by atoms with Gasteiger partial charge >= 0.3 is 0 Å². The van der Waals surface area contributed by atoms with Crippen molar-refractivity contribution in [1.82, 2.24) is 4.90 Å². The number of benzene rings is 1. The van der Waals surface area contributed by atoms with Crippen LogP contribution in [-0.2, 0) is 11.4 Å². The number of rotatable bonds is 3. The Bertz CT molecular complexity index is 532. The molecule has 0 aromatic heterocycles. The average molecular weight is 279 g/mol.